The molecule has 0 fully saturated rings. The lowest BCUT2D eigenvalue weighted by Crippen LogP contribution is -1.92. The highest BCUT2D eigenvalue weighted by atomic mass is 14.1. The van der Waals surface area contributed by atoms with E-state index < -0.39 is 0 Å². The fourth-order valence-corrected chi connectivity index (χ4v) is 1.84. The Morgan fingerprint density at radius 1 is 1.19 bits per heavy atom. The van der Waals surface area contributed by atoms with Crippen LogP contribution in [0.5, 0.6) is 0 Å². The van der Waals surface area contributed by atoms with Crippen LogP contribution in [0.4, 0.5) is 0 Å². The van der Waals surface area contributed by atoms with Gasteiger partial charge in [0, 0.05) is 0 Å². The van der Waals surface area contributed by atoms with E-state index in [1.807, 2.05) is 0 Å². The zero-order chi connectivity index (χ0) is 11.8. The van der Waals surface area contributed by atoms with Gasteiger partial charge in [0.25, 0.3) is 0 Å². The van der Waals surface area contributed by atoms with Gasteiger partial charge in [-0.2, -0.15) is 0 Å². The summed E-state index contributed by atoms with van der Waals surface area (Å²) in [7, 11) is 0. The van der Waals surface area contributed by atoms with Gasteiger partial charge in [-0.25, -0.2) is 0 Å². The molecule has 1 aromatic carbocycles. The third kappa shape index (κ3) is 4.22. The molecule has 1 atom stereocenters. The second-order valence-electron chi connectivity index (χ2n) is 4.53. The van der Waals surface area contributed by atoms with Crippen LogP contribution in [0.3, 0.4) is 0 Å². The second-order valence-corrected chi connectivity index (χ2v) is 4.53. The van der Waals surface area contributed by atoms with Crippen molar-refractivity contribution in [2.45, 2.75) is 51.9 Å². The monoisotopic (exact) mass is 215 g/mol. The molecule has 0 amide bonds. The maximum absolute atomic E-state index is 5.35. The summed E-state index contributed by atoms with van der Waals surface area (Å²) in [6.45, 7) is 9.87. The van der Waals surface area contributed by atoms with Crippen LogP contribution in [0.25, 0.3) is 0 Å². The van der Waals surface area contributed by atoms with Crippen molar-refractivity contribution < 1.29 is 0 Å². The molecule has 1 rings (SSSR count). The van der Waals surface area contributed by atoms with Gasteiger partial charge in [-0.15, -0.1) is 0 Å². The number of hydrogen-bond donors (Lipinski definition) is 0. The van der Waals surface area contributed by atoms with Crippen LogP contribution < -0.4 is 0 Å². The fourth-order valence-electron chi connectivity index (χ4n) is 1.84. The molecule has 0 N–H and O–H groups in total. The molecule has 1 radical (unpaired) electrons. The Morgan fingerprint density at radius 2 is 1.88 bits per heavy atom. The number of aryl methyl sites for hydroxylation is 1. The Labute approximate surface area is 100 Å². The van der Waals surface area contributed by atoms with E-state index in [0.717, 1.165) is 6.42 Å². The van der Waals surface area contributed by atoms with Crippen LogP contribution in [-0.4, -0.2) is 0 Å². The van der Waals surface area contributed by atoms with Crippen LogP contribution in [0.1, 0.15) is 56.6 Å². The van der Waals surface area contributed by atoms with Gasteiger partial charge in [-0.3, -0.25) is 0 Å². The van der Waals surface area contributed by atoms with E-state index in [9.17, 15) is 0 Å². The number of hydrogen-bond acceptors (Lipinski definition) is 0. The highest BCUT2D eigenvalue weighted by Gasteiger charge is 2.01. The Kier molecular flexibility index (Phi) is 5.92. The summed E-state index contributed by atoms with van der Waals surface area (Å²) < 4.78 is 0. The second kappa shape index (κ2) is 7.27. The summed E-state index contributed by atoms with van der Waals surface area (Å²) in [5.74, 6) is 0.681. The van der Waals surface area contributed by atoms with E-state index in [0.29, 0.717) is 5.92 Å². The number of rotatable bonds is 7. The molecule has 16 heavy (non-hydrogen) atoms. The van der Waals surface area contributed by atoms with Crippen molar-refractivity contribution in [3.63, 3.8) is 0 Å². The van der Waals surface area contributed by atoms with Crippen LogP contribution in [0.15, 0.2) is 30.3 Å². The van der Waals surface area contributed by atoms with E-state index in [4.69, 9.17) is 6.58 Å². The predicted octanol–water partition coefficient (Wildman–Crippen LogP) is 4.90. The topological polar surface area (TPSA) is 0 Å². The summed E-state index contributed by atoms with van der Waals surface area (Å²) >= 11 is 0. The largest absolute Gasteiger partial charge is 0.0845 e. The van der Waals surface area contributed by atoms with Crippen molar-refractivity contribution in [3.8, 4) is 0 Å². The van der Waals surface area contributed by atoms with E-state index in [1.54, 1.807) is 6.08 Å². The Bertz CT molecular complexity index is 294. The van der Waals surface area contributed by atoms with Gasteiger partial charge < -0.3 is 0 Å². The molecule has 1 aromatic rings. The molecular formula is C16H23. The zero-order valence-electron chi connectivity index (χ0n) is 10.6. The van der Waals surface area contributed by atoms with Gasteiger partial charge in [0.1, 0.15) is 0 Å². The molecule has 0 saturated heterocycles. The zero-order valence-corrected chi connectivity index (χ0v) is 10.6. The van der Waals surface area contributed by atoms with Crippen LogP contribution in [0.2, 0.25) is 0 Å². The first-order valence-corrected chi connectivity index (χ1v) is 6.40. The normalized spacial score (nSPS) is 12.4. The van der Waals surface area contributed by atoms with Gasteiger partial charge in [0.2, 0.25) is 0 Å². The maximum Gasteiger partial charge on any atom is -0.0193 e. The Balaban J connectivity index is 2.42. The van der Waals surface area contributed by atoms with Crippen LogP contribution >= 0.6 is 0 Å². The first kappa shape index (κ1) is 13.0. The minimum absolute atomic E-state index is 0.681. The van der Waals surface area contributed by atoms with E-state index in [-0.39, 0.29) is 0 Å². The molecule has 0 bridgehead atoms. The number of benzene rings is 1. The lowest BCUT2D eigenvalue weighted by molar-refractivity contribution is 0.728. The van der Waals surface area contributed by atoms with Gasteiger partial charge >= 0.3 is 0 Å². The molecule has 0 aliphatic heterocycles. The molecule has 0 saturated carbocycles. The minimum atomic E-state index is 0.681. The van der Waals surface area contributed by atoms with E-state index in [2.05, 4.69) is 38.1 Å². The van der Waals surface area contributed by atoms with Crippen molar-refractivity contribution in [2.24, 2.45) is 0 Å². The molecule has 0 heterocycles. The molecule has 0 aliphatic rings. The average Bonchev–Trinajstić information content (AvgIpc) is 2.34. The fraction of sp³-hybridized carbons (Fsp3) is 0.500. The van der Waals surface area contributed by atoms with Crippen LogP contribution in [0, 0.1) is 6.58 Å². The highest BCUT2D eigenvalue weighted by Crippen LogP contribution is 2.19. The molecule has 0 aliphatic carbocycles. The first-order valence-electron chi connectivity index (χ1n) is 6.40. The first-order chi connectivity index (χ1) is 7.77. The Morgan fingerprint density at radius 3 is 2.44 bits per heavy atom. The maximum atomic E-state index is 5.35. The summed E-state index contributed by atoms with van der Waals surface area (Å²) in [6.07, 6.45) is 7.61. The summed E-state index contributed by atoms with van der Waals surface area (Å²) in [4.78, 5) is 0. The smallest absolute Gasteiger partial charge is 0.0193 e. The number of unbranched alkanes of at least 4 members (excludes halogenated alkanes) is 2. The third-order valence-corrected chi connectivity index (χ3v) is 3.25. The standard InChI is InChI=1S/C16H23/c1-4-6-7-8-9-15-10-12-16(13-11-15)14(3)5-2/h1,4,10-14H,5-9H2,2-3H3. The summed E-state index contributed by atoms with van der Waals surface area (Å²) in [5.41, 5.74) is 2.91. The SMILES string of the molecule is [CH]=CCCCCc1ccc(C(C)CC)cc1. The highest BCUT2D eigenvalue weighted by molar-refractivity contribution is 5.25. The lowest BCUT2D eigenvalue weighted by Gasteiger charge is -2.09. The van der Waals surface area contributed by atoms with Gasteiger partial charge in [0.15, 0.2) is 0 Å². The van der Waals surface area contributed by atoms with E-state index in [1.165, 1.54) is 36.8 Å². The Hall–Kier alpha value is -1.04. The third-order valence-electron chi connectivity index (χ3n) is 3.25. The average molecular weight is 215 g/mol. The summed E-state index contributed by atoms with van der Waals surface area (Å²) in [5, 5.41) is 0. The predicted molar refractivity (Wildman–Crippen MR) is 71.6 cm³/mol. The quantitative estimate of drug-likeness (QED) is 0.567. The minimum Gasteiger partial charge on any atom is -0.0845 e. The molecule has 0 nitrogen and oxygen atoms in total. The molecular weight excluding hydrogens is 192 g/mol. The molecule has 1 unspecified atom stereocenters. The van der Waals surface area contributed by atoms with E-state index >= 15 is 0 Å². The molecule has 0 heteroatoms. The van der Waals surface area contributed by atoms with Gasteiger partial charge in [0.05, 0.1) is 0 Å². The number of allylic oxidation sites excluding steroid dienone is 1. The molecule has 0 spiro atoms. The molecule has 0 aromatic heterocycles. The summed E-state index contributed by atoms with van der Waals surface area (Å²) in [6, 6.07) is 9.10. The van der Waals surface area contributed by atoms with Crippen molar-refractivity contribution >= 4 is 0 Å². The van der Waals surface area contributed by atoms with Gasteiger partial charge in [-0.1, -0.05) is 50.8 Å². The van der Waals surface area contributed by atoms with Crippen molar-refractivity contribution in [2.75, 3.05) is 0 Å². The van der Waals surface area contributed by atoms with Crippen molar-refractivity contribution in [1.29, 1.82) is 0 Å². The molecule has 87 valence electrons. The lowest BCUT2D eigenvalue weighted by atomic mass is 9.96. The van der Waals surface area contributed by atoms with Crippen molar-refractivity contribution in [3.05, 3.63) is 48.0 Å². The van der Waals surface area contributed by atoms with Gasteiger partial charge in [-0.05, 0) is 49.1 Å². The van der Waals surface area contributed by atoms with Crippen molar-refractivity contribution in [1.82, 2.24) is 0 Å². The van der Waals surface area contributed by atoms with Crippen LogP contribution in [-0.2, 0) is 6.42 Å².